The van der Waals surface area contributed by atoms with Crippen LogP contribution in [0.1, 0.15) is 10.6 Å². The van der Waals surface area contributed by atoms with Gasteiger partial charge in [-0.15, -0.1) is 0 Å². The fraction of sp³-hybridized carbons (Fsp3) is 0. The smallest absolute Gasteiger partial charge is 0.239 e. The van der Waals surface area contributed by atoms with Crippen LogP contribution in [0.15, 0.2) is 50.8 Å². The van der Waals surface area contributed by atoms with E-state index in [0.717, 1.165) is 0 Å². The Morgan fingerprint density at radius 2 is 1.94 bits per heavy atom. The van der Waals surface area contributed by atoms with E-state index >= 15 is 0 Å². The first-order chi connectivity index (χ1) is 8.04. The van der Waals surface area contributed by atoms with Gasteiger partial charge in [0, 0.05) is 5.02 Å². The minimum atomic E-state index is -3.76. The normalized spacial score (nSPS) is 11.4. The molecule has 1 heterocycles. The van der Waals surface area contributed by atoms with E-state index in [1.165, 1.54) is 30.3 Å². The molecular weight excluding hydrogens is 264 g/mol. The maximum atomic E-state index is 12.0. The van der Waals surface area contributed by atoms with Gasteiger partial charge in [-0.2, -0.15) is 0 Å². The van der Waals surface area contributed by atoms with Crippen molar-refractivity contribution in [2.24, 2.45) is 0 Å². The fourth-order valence-electron chi connectivity index (χ4n) is 1.29. The van der Waals surface area contributed by atoms with Crippen LogP contribution in [0, 0.1) is 0 Å². The average Bonchev–Trinajstić information content (AvgIpc) is 2.78. The lowest BCUT2D eigenvalue weighted by Crippen LogP contribution is -2.00. The largest absolute Gasteiger partial charge is 0.442 e. The van der Waals surface area contributed by atoms with Crippen molar-refractivity contribution in [2.75, 3.05) is 0 Å². The number of halogens is 1. The predicted molar refractivity (Wildman–Crippen MR) is 61.0 cm³/mol. The van der Waals surface area contributed by atoms with Gasteiger partial charge in [0.05, 0.1) is 4.90 Å². The van der Waals surface area contributed by atoms with Gasteiger partial charge in [0.15, 0.2) is 12.0 Å². The van der Waals surface area contributed by atoms with Crippen LogP contribution in [0.5, 0.6) is 0 Å². The number of aldehydes is 1. The third-order valence-corrected chi connectivity index (χ3v) is 3.95. The van der Waals surface area contributed by atoms with Crippen molar-refractivity contribution in [1.29, 1.82) is 0 Å². The van der Waals surface area contributed by atoms with E-state index in [2.05, 4.69) is 0 Å². The Balaban J connectivity index is 2.53. The maximum absolute atomic E-state index is 12.0. The molecule has 0 aliphatic carbocycles. The molecule has 0 N–H and O–H groups in total. The number of sulfone groups is 1. The van der Waals surface area contributed by atoms with Crippen LogP contribution in [-0.4, -0.2) is 14.7 Å². The molecular formula is C11H7ClO4S. The van der Waals surface area contributed by atoms with Crippen LogP contribution in [-0.2, 0) is 9.84 Å². The van der Waals surface area contributed by atoms with Gasteiger partial charge < -0.3 is 4.42 Å². The number of furan rings is 1. The van der Waals surface area contributed by atoms with Crippen LogP contribution >= 0.6 is 11.6 Å². The lowest BCUT2D eigenvalue weighted by molar-refractivity contribution is 0.109. The second-order valence-electron chi connectivity index (χ2n) is 3.24. The number of carbonyl (C=O) groups is 1. The molecule has 0 aliphatic heterocycles. The summed E-state index contributed by atoms with van der Waals surface area (Å²) in [6.45, 7) is 0. The fourth-order valence-corrected chi connectivity index (χ4v) is 2.77. The highest BCUT2D eigenvalue weighted by atomic mass is 35.5. The second kappa shape index (κ2) is 4.35. The van der Waals surface area contributed by atoms with Crippen LogP contribution in [0.4, 0.5) is 0 Å². The minimum absolute atomic E-state index is 0.0248. The molecule has 2 aromatic rings. The van der Waals surface area contributed by atoms with Crippen molar-refractivity contribution in [1.82, 2.24) is 0 Å². The number of hydrogen-bond acceptors (Lipinski definition) is 4. The van der Waals surface area contributed by atoms with Crippen molar-refractivity contribution in [3.63, 3.8) is 0 Å². The summed E-state index contributed by atoms with van der Waals surface area (Å²) >= 11 is 5.72. The predicted octanol–water partition coefficient (Wildman–Crippen LogP) is 2.58. The number of carbonyl (C=O) groups excluding carboxylic acids is 1. The van der Waals surface area contributed by atoms with Crippen molar-refractivity contribution in [3.8, 4) is 0 Å². The second-order valence-corrected chi connectivity index (χ2v) is 5.55. The van der Waals surface area contributed by atoms with E-state index in [0.29, 0.717) is 11.3 Å². The van der Waals surface area contributed by atoms with Crippen LogP contribution < -0.4 is 0 Å². The minimum Gasteiger partial charge on any atom is -0.442 e. The summed E-state index contributed by atoms with van der Waals surface area (Å²) in [6, 6.07) is 8.35. The van der Waals surface area contributed by atoms with E-state index < -0.39 is 9.84 Å². The molecule has 0 bridgehead atoms. The molecule has 0 saturated carbocycles. The van der Waals surface area contributed by atoms with Crippen molar-refractivity contribution in [2.45, 2.75) is 9.99 Å². The van der Waals surface area contributed by atoms with Gasteiger partial charge in [-0.05, 0) is 30.3 Å². The zero-order valence-corrected chi connectivity index (χ0v) is 10.0. The van der Waals surface area contributed by atoms with Gasteiger partial charge in [-0.25, -0.2) is 8.42 Å². The van der Waals surface area contributed by atoms with E-state index in [9.17, 15) is 13.2 Å². The molecule has 0 unspecified atom stereocenters. The van der Waals surface area contributed by atoms with E-state index in [-0.39, 0.29) is 15.7 Å². The molecule has 4 nitrogen and oxygen atoms in total. The monoisotopic (exact) mass is 270 g/mol. The number of hydrogen-bond donors (Lipinski definition) is 0. The third kappa shape index (κ3) is 2.25. The van der Waals surface area contributed by atoms with Crippen molar-refractivity contribution in [3.05, 3.63) is 47.2 Å². The number of rotatable bonds is 3. The van der Waals surface area contributed by atoms with E-state index in [4.69, 9.17) is 16.0 Å². The van der Waals surface area contributed by atoms with Gasteiger partial charge in [0.25, 0.3) is 0 Å². The lowest BCUT2D eigenvalue weighted by atomic mass is 10.4. The Morgan fingerprint density at radius 1 is 1.18 bits per heavy atom. The summed E-state index contributed by atoms with van der Waals surface area (Å²) in [5.74, 6) is -0.0365. The first-order valence-corrected chi connectivity index (χ1v) is 6.46. The summed E-state index contributed by atoms with van der Waals surface area (Å²) in [6.07, 6.45) is 0.441. The molecule has 88 valence electrons. The molecule has 2 rings (SSSR count). The zero-order valence-electron chi connectivity index (χ0n) is 8.46. The summed E-state index contributed by atoms with van der Waals surface area (Å²) in [5, 5.41) is 0.0371. The summed E-state index contributed by atoms with van der Waals surface area (Å²) < 4.78 is 29.0. The molecule has 0 atom stereocenters. The highest BCUT2D eigenvalue weighted by Crippen LogP contribution is 2.24. The Bertz CT molecular complexity index is 658. The standard InChI is InChI=1S/C11H7ClO4S/c12-8-2-1-3-10(6-8)17(14,15)11-5-4-9(7-13)16-11/h1-7H. The van der Waals surface area contributed by atoms with Crippen molar-refractivity contribution < 1.29 is 17.6 Å². The summed E-state index contributed by atoms with van der Waals surface area (Å²) in [4.78, 5) is 10.5. The molecule has 0 spiro atoms. The Morgan fingerprint density at radius 3 is 2.53 bits per heavy atom. The van der Waals surface area contributed by atoms with Crippen molar-refractivity contribution >= 4 is 27.7 Å². The van der Waals surface area contributed by atoms with Gasteiger partial charge in [0.2, 0.25) is 14.9 Å². The first-order valence-electron chi connectivity index (χ1n) is 4.60. The van der Waals surface area contributed by atoms with E-state index in [1.54, 1.807) is 6.07 Å². The number of benzene rings is 1. The zero-order chi connectivity index (χ0) is 12.5. The Labute approximate surface area is 103 Å². The lowest BCUT2D eigenvalue weighted by Gasteiger charge is -2.00. The Hall–Kier alpha value is -1.59. The average molecular weight is 271 g/mol. The molecule has 0 aliphatic rings. The molecule has 0 saturated heterocycles. The molecule has 6 heteroatoms. The maximum Gasteiger partial charge on any atom is 0.239 e. The molecule has 0 radical (unpaired) electrons. The molecule has 1 aromatic carbocycles. The van der Waals surface area contributed by atoms with Gasteiger partial charge in [-0.3, -0.25) is 4.79 Å². The SMILES string of the molecule is O=Cc1ccc(S(=O)(=O)c2cccc(Cl)c2)o1. The molecule has 0 amide bonds. The summed E-state index contributed by atoms with van der Waals surface area (Å²) in [7, 11) is -3.76. The van der Waals surface area contributed by atoms with Crippen LogP contribution in [0.25, 0.3) is 0 Å². The van der Waals surface area contributed by atoms with Gasteiger partial charge in [-0.1, -0.05) is 17.7 Å². The topological polar surface area (TPSA) is 64.3 Å². The third-order valence-electron chi connectivity index (χ3n) is 2.09. The van der Waals surface area contributed by atoms with Crippen LogP contribution in [0.3, 0.4) is 0 Å². The highest BCUT2D eigenvalue weighted by Gasteiger charge is 2.21. The first kappa shape index (κ1) is 11.9. The van der Waals surface area contributed by atoms with Gasteiger partial charge in [0.1, 0.15) is 0 Å². The summed E-state index contributed by atoms with van der Waals surface area (Å²) in [5.41, 5.74) is 0. The molecule has 17 heavy (non-hydrogen) atoms. The molecule has 0 fully saturated rings. The quantitative estimate of drug-likeness (QED) is 0.804. The highest BCUT2D eigenvalue weighted by molar-refractivity contribution is 7.91. The van der Waals surface area contributed by atoms with E-state index in [1.807, 2.05) is 0 Å². The van der Waals surface area contributed by atoms with Gasteiger partial charge >= 0.3 is 0 Å². The molecule has 1 aromatic heterocycles. The van der Waals surface area contributed by atoms with Crippen LogP contribution in [0.2, 0.25) is 5.02 Å². The Kier molecular flexibility index (Phi) is 3.04.